The third kappa shape index (κ3) is 2.20. The van der Waals surface area contributed by atoms with Crippen molar-refractivity contribution in [3.8, 4) is 11.3 Å². The van der Waals surface area contributed by atoms with Gasteiger partial charge in [0, 0.05) is 11.5 Å². The molecule has 0 bridgehead atoms. The molecule has 3 nitrogen and oxygen atoms in total. The highest BCUT2D eigenvalue weighted by Gasteiger charge is 2.19. The lowest BCUT2D eigenvalue weighted by molar-refractivity contribution is 0.500. The van der Waals surface area contributed by atoms with Crippen molar-refractivity contribution in [1.82, 2.24) is 4.98 Å². The molecular weight excluding hydrogens is 255 g/mol. The summed E-state index contributed by atoms with van der Waals surface area (Å²) in [4.78, 5) is 4.09. The molecule has 0 atom stereocenters. The highest BCUT2D eigenvalue weighted by Crippen LogP contribution is 2.35. The van der Waals surface area contributed by atoms with Gasteiger partial charge in [0.1, 0.15) is 17.3 Å². The molecule has 0 radical (unpaired) electrons. The second-order valence-electron chi connectivity index (χ2n) is 4.50. The minimum absolute atomic E-state index is 0.0609. The van der Waals surface area contributed by atoms with Crippen LogP contribution in [0.1, 0.15) is 31.1 Å². The van der Waals surface area contributed by atoms with Crippen molar-refractivity contribution in [3.63, 3.8) is 0 Å². The van der Waals surface area contributed by atoms with Crippen LogP contribution < -0.4 is 5.73 Å². The second-order valence-corrected chi connectivity index (χ2v) is 4.91. The lowest BCUT2D eigenvalue weighted by Crippen LogP contribution is -1.92. The number of halogens is 2. The Labute approximate surface area is 110 Å². The summed E-state index contributed by atoms with van der Waals surface area (Å²) in [6.07, 6.45) is 0. The first kappa shape index (κ1) is 12.9. The molecule has 2 aromatic rings. The van der Waals surface area contributed by atoms with Gasteiger partial charge in [0.2, 0.25) is 0 Å². The fourth-order valence-electron chi connectivity index (χ4n) is 1.76. The SMILES string of the molecule is Cc1cc(Cl)c(-c2nc(N)oc2C(C)C)cc1F. The number of oxazole rings is 1. The molecule has 0 aliphatic heterocycles. The monoisotopic (exact) mass is 268 g/mol. The largest absolute Gasteiger partial charge is 0.428 e. The molecule has 1 aromatic heterocycles. The first-order valence-corrected chi connectivity index (χ1v) is 6.00. The zero-order chi connectivity index (χ0) is 13.4. The molecule has 2 N–H and O–H groups in total. The number of rotatable bonds is 2. The number of anilines is 1. The molecule has 0 unspecified atom stereocenters. The van der Waals surface area contributed by atoms with Crippen LogP contribution >= 0.6 is 11.6 Å². The maximum absolute atomic E-state index is 13.6. The Morgan fingerprint density at radius 2 is 2.06 bits per heavy atom. The summed E-state index contributed by atoms with van der Waals surface area (Å²) in [5.74, 6) is 0.369. The maximum Gasteiger partial charge on any atom is 0.292 e. The van der Waals surface area contributed by atoms with E-state index < -0.39 is 0 Å². The normalized spacial score (nSPS) is 11.2. The number of hydrogen-bond acceptors (Lipinski definition) is 3. The maximum atomic E-state index is 13.6. The van der Waals surface area contributed by atoms with Crippen molar-refractivity contribution in [2.75, 3.05) is 5.73 Å². The minimum atomic E-state index is -0.328. The van der Waals surface area contributed by atoms with Crippen LogP contribution in [-0.2, 0) is 0 Å². The Morgan fingerprint density at radius 3 is 2.67 bits per heavy atom. The number of nitrogens with two attached hydrogens (primary N) is 1. The van der Waals surface area contributed by atoms with Gasteiger partial charge in [-0.15, -0.1) is 0 Å². The molecule has 0 amide bonds. The quantitative estimate of drug-likeness (QED) is 0.890. The molecule has 96 valence electrons. The first-order chi connectivity index (χ1) is 8.40. The van der Waals surface area contributed by atoms with Crippen molar-refractivity contribution in [1.29, 1.82) is 0 Å². The van der Waals surface area contributed by atoms with E-state index in [0.29, 0.717) is 27.6 Å². The summed E-state index contributed by atoms with van der Waals surface area (Å²) in [5, 5.41) is 0.434. The van der Waals surface area contributed by atoms with E-state index in [2.05, 4.69) is 4.98 Å². The third-order valence-corrected chi connectivity index (χ3v) is 3.01. The van der Waals surface area contributed by atoms with E-state index in [1.165, 1.54) is 6.07 Å². The van der Waals surface area contributed by atoms with Gasteiger partial charge in [-0.05, 0) is 24.6 Å². The molecule has 18 heavy (non-hydrogen) atoms. The Morgan fingerprint density at radius 1 is 1.39 bits per heavy atom. The van der Waals surface area contributed by atoms with Gasteiger partial charge >= 0.3 is 0 Å². The fourth-order valence-corrected chi connectivity index (χ4v) is 2.07. The van der Waals surface area contributed by atoms with Crippen LogP contribution in [0.25, 0.3) is 11.3 Å². The van der Waals surface area contributed by atoms with Gasteiger partial charge in [-0.1, -0.05) is 25.4 Å². The van der Waals surface area contributed by atoms with Gasteiger partial charge in [0.05, 0.1) is 5.02 Å². The summed E-state index contributed by atoms with van der Waals surface area (Å²) in [7, 11) is 0. The molecular formula is C13H14ClFN2O. The lowest BCUT2D eigenvalue weighted by atomic mass is 10.0. The van der Waals surface area contributed by atoms with Gasteiger partial charge in [0.25, 0.3) is 6.01 Å². The molecule has 0 aliphatic rings. The standard InChI is InChI=1S/C13H14ClFN2O/c1-6(2)12-11(17-13(16)18-12)8-5-10(15)7(3)4-9(8)14/h4-6H,1-3H3,(H2,16,17). The second kappa shape index (κ2) is 4.61. The van der Waals surface area contributed by atoms with Crippen molar-refractivity contribution in [2.45, 2.75) is 26.7 Å². The van der Waals surface area contributed by atoms with E-state index >= 15 is 0 Å². The van der Waals surface area contributed by atoms with Gasteiger partial charge in [-0.3, -0.25) is 0 Å². The van der Waals surface area contributed by atoms with Crippen LogP contribution in [0.2, 0.25) is 5.02 Å². The van der Waals surface area contributed by atoms with E-state index in [1.807, 2.05) is 13.8 Å². The number of benzene rings is 1. The Balaban J connectivity index is 2.65. The number of aryl methyl sites for hydroxylation is 1. The minimum Gasteiger partial charge on any atom is -0.428 e. The molecule has 0 saturated heterocycles. The van der Waals surface area contributed by atoms with Gasteiger partial charge in [0.15, 0.2) is 0 Å². The summed E-state index contributed by atoms with van der Waals surface area (Å²) in [5.41, 5.74) is 7.06. The summed E-state index contributed by atoms with van der Waals surface area (Å²) >= 11 is 6.13. The van der Waals surface area contributed by atoms with E-state index in [0.717, 1.165) is 0 Å². The van der Waals surface area contributed by atoms with Crippen LogP contribution in [0.15, 0.2) is 16.5 Å². The van der Waals surface area contributed by atoms with Crippen LogP contribution in [0.5, 0.6) is 0 Å². The fraction of sp³-hybridized carbons (Fsp3) is 0.308. The first-order valence-electron chi connectivity index (χ1n) is 5.62. The van der Waals surface area contributed by atoms with Crippen LogP contribution in [0.4, 0.5) is 10.4 Å². The molecule has 5 heteroatoms. The van der Waals surface area contributed by atoms with E-state index in [-0.39, 0.29) is 17.7 Å². The van der Waals surface area contributed by atoms with Crippen LogP contribution in [-0.4, -0.2) is 4.98 Å². The van der Waals surface area contributed by atoms with E-state index in [1.54, 1.807) is 13.0 Å². The van der Waals surface area contributed by atoms with Crippen LogP contribution in [0.3, 0.4) is 0 Å². The molecule has 0 saturated carbocycles. The number of aromatic nitrogens is 1. The smallest absolute Gasteiger partial charge is 0.292 e. The summed E-state index contributed by atoms with van der Waals surface area (Å²) in [6, 6.07) is 2.99. The summed E-state index contributed by atoms with van der Waals surface area (Å²) in [6.45, 7) is 5.55. The van der Waals surface area contributed by atoms with Crippen molar-refractivity contribution >= 4 is 17.6 Å². The molecule has 0 aliphatic carbocycles. The Bertz CT molecular complexity index is 593. The number of nitrogens with zero attached hydrogens (tertiary/aromatic N) is 1. The molecule has 0 spiro atoms. The topological polar surface area (TPSA) is 52.0 Å². The molecule has 2 rings (SSSR count). The van der Waals surface area contributed by atoms with Gasteiger partial charge < -0.3 is 10.2 Å². The lowest BCUT2D eigenvalue weighted by Gasteiger charge is -2.07. The van der Waals surface area contributed by atoms with Gasteiger partial charge in [-0.2, -0.15) is 4.98 Å². The van der Waals surface area contributed by atoms with E-state index in [9.17, 15) is 4.39 Å². The van der Waals surface area contributed by atoms with Gasteiger partial charge in [-0.25, -0.2) is 4.39 Å². The number of hydrogen-bond donors (Lipinski definition) is 1. The highest BCUT2D eigenvalue weighted by atomic mass is 35.5. The zero-order valence-corrected chi connectivity index (χ0v) is 11.2. The average molecular weight is 269 g/mol. The zero-order valence-electron chi connectivity index (χ0n) is 10.4. The molecule has 0 fully saturated rings. The average Bonchev–Trinajstić information content (AvgIpc) is 2.65. The van der Waals surface area contributed by atoms with Crippen molar-refractivity contribution in [3.05, 3.63) is 34.3 Å². The Kier molecular flexibility index (Phi) is 3.30. The number of nitrogen functional groups attached to an aromatic ring is 1. The van der Waals surface area contributed by atoms with Crippen molar-refractivity contribution in [2.24, 2.45) is 0 Å². The van der Waals surface area contributed by atoms with Crippen LogP contribution in [0, 0.1) is 12.7 Å². The highest BCUT2D eigenvalue weighted by molar-refractivity contribution is 6.33. The van der Waals surface area contributed by atoms with Crippen molar-refractivity contribution < 1.29 is 8.81 Å². The predicted octanol–water partition coefficient (Wildman–Crippen LogP) is 4.15. The summed E-state index contributed by atoms with van der Waals surface area (Å²) < 4.78 is 19.0. The third-order valence-electron chi connectivity index (χ3n) is 2.70. The molecule has 1 heterocycles. The Hall–Kier alpha value is -1.55. The molecule has 1 aromatic carbocycles. The van der Waals surface area contributed by atoms with E-state index in [4.69, 9.17) is 21.8 Å². The predicted molar refractivity (Wildman–Crippen MR) is 70.1 cm³/mol.